The van der Waals surface area contributed by atoms with Crippen molar-refractivity contribution in [1.82, 2.24) is 5.43 Å². The second-order valence-electron chi connectivity index (χ2n) is 4.59. The molecule has 22 heavy (non-hydrogen) atoms. The quantitative estimate of drug-likeness (QED) is 0.487. The zero-order valence-corrected chi connectivity index (χ0v) is 12.3. The lowest BCUT2D eigenvalue weighted by Gasteiger charge is -1.97. The summed E-state index contributed by atoms with van der Waals surface area (Å²) in [5.41, 5.74) is 10.6. The van der Waals surface area contributed by atoms with Crippen LogP contribution in [0.25, 0.3) is 0 Å². The van der Waals surface area contributed by atoms with E-state index >= 15 is 0 Å². The van der Waals surface area contributed by atoms with Crippen LogP contribution < -0.4 is 11.2 Å². The molecule has 2 rings (SSSR count). The highest BCUT2D eigenvalue weighted by Gasteiger charge is 1.89. The van der Waals surface area contributed by atoms with E-state index in [1.165, 1.54) is 11.1 Å². The molecule has 0 saturated heterocycles. The van der Waals surface area contributed by atoms with Crippen LogP contribution in [0.2, 0.25) is 0 Å². The van der Waals surface area contributed by atoms with E-state index in [1.54, 1.807) is 12.4 Å². The van der Waals surface area contributed by atoms with Crippen molar-refractivity contribution >= 4 is 18.4 Å². The van der Waals surface area contributed by atoms with Crippen molar-refractivity contribution in [3.63, 3.8) is 0 Å². The fourth-order valence-corrected chi connectivity index (χ4v) is 1.76. The molecule has 0 fully saturated rings. The summed E-state index contributed by atoms with van der Waals surface area (Å²) in [4.78, 5) is 0. The van der Waals surface area contributed by atoms with Crippen molar-refractivity contribution in [2.24, 2.45) is 21.0 Å². The Labute approximate surface area is 130 Å². The second-order valence-corrected chi connectivity index (χ2v) is 4.59. The molecular weight excluding hydrogens is 274 g/mol. The fraction of sp³-hybridized carbons (Fsp3) is 0.118. The summed E-state index contributed by atoms with van der Waals surface area (Å²) in [6.07, 6.45) is 4.90. The molecular formula is C17H19N5. The largest absolute Gasteiger partial charge is 0.367 e. The highest BCUT2D eigenvalue weighted by molar-refractivity contribution is 5.79. The molecule has 0 unspecified atom stereocenters. The summed E-state index contributed by atoms with van der Waals surface area (Å²) in [5, 5.41) is 11.7. The number of hydrazone groups is 1. The van der Waals surface area contributed by atoms with Gasteiger partial charge in [-0.05, 0) is 11.1 Å². The van der Waals surface area contributed by atoms with E-state index in [1.807, 2.05) is 60.7 Å². The van der Waals surface area contributed by atoms with Gasteiger partial charge in [-0.1, -0.05) is 60.7 Å². The monoisotopic (exact) mass is 293 g/mol. The third-order valence-corrected chi connectivity index (χ3v) is 2.86. The van der Waals surface area contributed by atoms with Gasteiger partial charge in [0.2, 0.25) is 5.96 Å². The molecule has 0 bridgehead atoms. The maximum absolute atomic E-state index is 5.64. The van der Waals surface area contributed by atoms with Crippen LogP contribution in [0.3, 0.4) is 0 Å². The Hall–Kier alpha value is -2.95. The molecule has 0 aromatic heterocycles. The van der Waals surface area contributed by atoms with E-state index in [9.17, 15) is 0 Å². The molecule has 0 aliphatic carbocycles. The van der Waals surface area contributed by atoms with Gasteiger partial charge in [-0.25, -0.2) is 5.43 Å². The molecule has 0 heterocycles. The number of nitrogens with zero attached hydrogens (tertiary/aromatic N) is 3. The normalized spacial score (nSPS) is 12.1. The molecule has 112 valence electrons. The lowest BCUT2D eigenvalue weighted by Crippen LogP contribution is -2.26. The number of benzene rings is 2. The number of hydrogen-bond donors (Lipinski definition) is 2. The van der Waals surface area contributed by atoms with Gasteiger partial charge in [-0.15, -0.1) is 5.10 Å². The SMILES string of the molecule is NC(=N/N=C/Cc1ccccc1)N/N=C\Cc1ccccc1. The fourth-order valence-electron chi connectivity index (χ4n) is 1.76. The molecule has 0 atom stereocenters. The zero-order valence-electron chi connectivity index (χ0n) is 12.3. The molecule has 5 nitrogen and oxygen atoms in total. The first kappa shape index (κ1) is 15.4. The third-order valence-electron chi connectivity index (χ3n) is 2.86. The van der Waals surface area contributed by atoms with Gasteiger partial charge >= 0.3 is 0 Å². The van der Waals surface area contributed by atoms with Crippen LogP contribution in [-0.4, -0.2) is 18.4 Å². The lowest BCUT2D eigenvalue weighted by molar-refractivity contribution is 0.986. The van der Waals surface area contributed by atoms with Crippen LogP contribution in [0.5, 0.6) is 0 Å². The summed E-state index contributed by atoms with van der Waals surface area (Å²) in [5.74, 6) is 0.161. The van der Waals surface area contributed by atoms with Crippen molar-refractivity contribution in [2.75, 3.05) is 0 Å². The van der Waals surface area contributed by atoms with E-state index in [0.717, 1.165) is 12.8 Å². The van der Waals surface area contributed by atoms with Crippen molar-refractivity contribution in [3.8, 4) is 0 Å². The van der Waals surface area contributed by atoms with Crippen LogP contribution in [-0.2, 0) is 12.8 Å². The van der Waals surface area contributed by atoms with Crippen LogP contribution in [0.1, 0.15) is 11.1 Å². The van der Waals surface area contributed by atoms with Crippen molar-refractivity contribution < 1.29 is 0 Å². The summed E-state index contributed by atoms with van der Waals surface area (Å²) in [6.45, 7) is 0. The average molecular weight is 293 g/mol. The number of nitrogens with one attached hydrogen (secondary N) is 1. The van der Waals surface area contributed by atoms with Gasteiger partial charge in [0, 0.05) is 25.3 Å². The number of guanidine groups is 1. The highest BCUT2D eigenvalue weighted by atomic mass is 15.4. The Bertz CT molecular complexity index is 633. The minimum atomic E-state index is 0.161. The molecule has 0 radical (unpaired) electrons. The van der Waals surface area contributed by atoms with E-state index < -0.39 is 0 Å². The van der Waals surface area contributed by atoms with Gasteiger partial charge in [0.25, 0.3) is 0 Å². The summed E-state index contributed by atoms with van der Waals surface area (Å²) >= 11 is 0. The number of nitrogens with two attached hydrogens (primary N) is 1. The Balaban J connectivity index is 1.71. The van der Waals surface area contributed by atoms with E-state index in [2.05, 4.69) is 20.7 Å². The second kappa shape index (κ2) is 9.07. The molecule has 0 aliphatic rings. The highest BCUT2D eigenvalue weighted by Crippen LogP contribution is 1.98. The first-order chi connectivity index (χ1) is 10.8. The Kier molecular flexibility index (Phi) is 6.37. The van der Waals surface area contributed by atoms with Gasteiger partial charge in [0.05, 0.1) is 0 Å². The molecule has 0 amide bonds. The van der Waals surface area contributed by atoms with E-state index in [0.29, 0.717) is 0 Å². The molecule has 2 aromatic rings. The van der Waals surface area contributed by atoms with E-state index in [-0.39, 0.29) is 5.96 Å². The van der Waals surface area contributed by atoms with Crippen LogP contribution >= 0.6 is 0 Å². The first-order valence-electron chi connectivity index (χ1n) is 7.05. The summed E-state index contributed by atoms with van der Waals surface area (Å²) < 4.78 is 0. The minimum Gasteiger partial charge on any atom is -0.367 e. The predicted octanol–water partition coefficient (Wildman–Crippen LogP) is 2.35. The first-order valence-corrected chi connectivity index (χ1v) is 7.05. The topological polar surface area (TPSA) is 75.1 Å². The third kappa shape index (κ3) is 6.00. The van der Waals surface area contributed by atoms with Crippen molar-refractivity contribution in [2.45, 2.75) is 12.8 Å². The maximum atomic E-state index is 5.64. The van der Waals surface area contributed by atoms with Crippen molar-refractivity contribution in [1.29, 1.82) is 0 Å². The summed E-state index contributed by atoms with van der Waals surface area (Å²) in [6, 6.07) is 20.1. The van der Waals surface area contributed by atoms with Crippen LogP contribution in [0, 0.1) is 0 Å². The lowest BCUT2D eigenvalue weighted by atomic mass is 10.2. The molecule has 0 saturated carbocycles. The van der Waals surface area contributed by atoms with Gasteiger partial charge in [0.1, 0.15) is 0 Å². The number of hydrogen-bond acceptors (Lipinski definition) is 3. The summed E-state index contributed by atoms with van der Waals surface area (Å²) in [7, 11) is 0. The van der Waals surface area contributed by atoms with Gasteiger partial charge in [-0.3, -0.25) is 0 Å². The van der Waals surface area contributed by atoms with Gasteiger partial charge in [-0.2, -0.15) is 10.2 Å². The molecule has 5 heteroatoms. The Morgan fingerprint density at radius 3 is 2.00 bits per heavy atom. The van der Waals surface area contributed by atoms with Crippen LogP contribution in [0.4, 0.5) is 0 Å². The van der Waals surface area contributed by atoms with Gasteiger partial charge < -0.3 is 5.73 Å². The molecule has 0 aliphatic heterocycles. The van der Waals surface area contributed by atoms with Crippen molar-refractivity contribution in [3.05, 3.63) is 71.8 Å². The molecule has 2 aromatic carbocycles. The minimum absolute atomic E-state index is 0.161. The zero-order chi connectivity index (χ0) is 15.5. The maximum Gasteiger partial charge on any atom is 0.234 e. The van der Waals surface area contributed by atoms with E-state index in [4.69, 9.17) is 5.73 Å². The standard InChI is InChI=1S/C17H19N5/c18-17(21-19-13-11-15-7-3-1-4-8-15)22-20-14-12-16-9-5-2-6-10-16/h1-10,13-14H,11-12H2,(H3,18,21,22)/b19-13-,20-14+. The number of rotatable bonds is 6. The molecule has 3 N–H and O–H groups in total. The smallest absolute Gasteiger partial charge is 0.234 e. The molecule has 0 spiro atoms. The average Bonchev–Trinajstić information content (AvgIpc) is 2.57. The van der Waals surface area contributed by atoms with Gasteiger partial charge in [0.15, 0.2) is 0 Å². The van der Waals surface area contributed by atoms with Crippen LogP contribution in [0.15, 0.2) is 76.0 Å². The Morgan fingerprint density at radius 2 is 1.41 bits per heavy atom. The predicted molar refractivity (Wildman–Crippen MR) is 92.0 cm³/mol. The Morgan fingerprint density at radius 1 is 0.864 bits per heavy atom.